The van der Waals surface area contributed by atoms with Gasteiger partial charge in [0.05, 0.1) is 4.90 Å². The second kappa shape index (κ2) is 9.95. The van der Waals surface area contributed by atoms with Crippen molar-refractivity contribution in [2.45, 2.75) is 44.6 Å². The minimum atomic E-state index is -3.69. The number of rotatable bonds is 6. The number of hydrogen-bond donors (Lipinski definition) is 1. The Morgan fingerprint density at radius 3 is 2.82 bits per heavy atom. The number of thiophene rings is 1. The molecule has 7 nitrogen and oxygen atoms in total. The van der Waals surface area contributed by atoms with E-state index >= 15 is 0 Å². The van der Waals surface area contributed by atoms with Crippen LogP contribution >= 0.6 is 11.3 Å². The Bertz CT molecular complexity index is 1130. The maximum absolute atomic E-state index is 13.3. The Morgan fingerprint density at radius 1 is 1.21 bits per heavy atom. The first-order chi connectivity index (χ1) is 15.8. The fourth-order valence-corrected chi connectivity index (χ4v) is 6.77. The average Bonchev–Trinajstić information content (AvgIpc) is 3.30. The number of benzene rings is 1. The van der Waals surface area contributed by atoms with Gasteiger partial charge in [-0.05, 0) is 60.4 Å². The Balaban J connectivity index is 1.45. The average molecular weight is 490 g/mol. The summed E-state index contributed by atoms with van der Waals surface area (Å²) < 4.78 is 28.1. The highest BCUT2D eigenvalue weighted by molar-refractivity contribution is 7.89. The number of piperidine rings is 1. The molecule has 2 amide bonds. The zero-order valence-electron chi connectivity index (χ0n) is 19.1. The number of sulfonamides is 1. The van der Waals surface area contributed by atoms with Crippen LogP contribution in [-0.4, -0.2) is 55.6 Å². The summed E-state index contributed by atoms with van der Waals surface area (Å²) in [6, 6.07) is 8.38. The molecule has 0 aliphatic carbocycles. The molecule has 0 spiro atoms. The third-order valence-electron chi connectivity index (χ3n) is 6.39. The van der Waals surface area contributed by atoms with Gasteiger partial charge >= 0.3 is 0 Å². The van der Waals surface area contributed by atoms with Crippen molar-refractivity contribution in [2.75, 3.05) is 26.2 Å². The lowest BCUT2D eigenvalue weighted by Crippen LogP contribution is -2.44. The van der Waals surface area contributed by atoms with Crippen molar-refractivity contribution in [3.05, 3.63) is 51.7 Å². The van der Waals surface area contributed by atoms with Gasteiger partial charge in [0.15, 0.2) is 0 Å². The van der Waals surface area contributed by atoms with Crippen LogP contribution in [0.4, 0.5) is 0 Å². The summed E-state index contributed by atoms with van der Waals surface area (Å²) in [5.74, 6) is -0.0120. The zero-order chi connectivity index (χ0) is 23.6. The molecule has 0 saturated carbocycles. The molecule has 0 unspecified atom stereocenters. The van der Waals surface area contributed by atoms with Gasteiger partial charge in [-0.2, -0.15) is 4.31 Å². The summed E-state index contributed by atoms with van der Waals surface area (Å²) in [5, 5.41) is 4.96. The molecule has 4 rings (SSSR count). The molecule has 1 saturated heterocycles. The van der Waals surface area contributed by atoms with E-state index in [1.54, 1.807) is 34.4 Å². The number of carbonyl (C=O) groups is 2. The molecule has 0 bridgehead atoms. The van der Waals surface area contributed by atoms with E-state index in [0.717, 1.165) is 18.4 Å². The number of fused-ring (bicyclic) bond motifs is 1. The third kappa shape index (κ3) is 5.31. The summed E-state index contributed by atoms with van der Waals surface area (Å²) in [7, 11) is -3.69. The van der Waals surface area contributed by atoms with Gasteiger partial charge in [0.1, 0.15) is 0 Å². The minimum absolute atomic E-state index is 0.0173. The first-order valence-electron chi connectivity index (χ1n) is 11.5. The molecule has 0 radical (unpaired) electrons. The predicted octanol–water partition coefficient (Wildman–Crippen LogP) is 3.12. The van der Waals surface area contributed by atoms with Crippen molar-refractivity contribution < 1.29 is 18.0 Å². The van der Waals surface area contributed by atoms with E-state index in [2.05, 4.69) is 5.32 Å². The molecule has 2 aliphatic heterocycles. The molecule has 3 heterocycles. The van der Waals surface area contributed by atoms with E-state index in [9.17, 15) is 18.0 Å². The normalized spacial score (nSPS) is 19.4. The number of carbonyl (C=O) groups excluding carboxylic acids is 2. The number of likely N-dealkylation sites (tertiary alicyclic amines) is 1. The number of nitrogens with zero attached hydrogens (tertiary/aromatic N) is 2. The van der Waals surface area contributed by atoms with Gasteiger partial charge in [-0.1, -0.05) is 19.9 Å². The van der Waals surface area contributed by atoms with E-state index in [4.69, 9.17) is 0 Å². The van der Waals surface area contributed by atoms with E-state index in [1.807, 2.05) is 25.3 Å². The van der Waals surface area contributed by atoms with Crippen LogP contribution < -0.4 is 5.32 Å². The second-order valence-corrected chi connectivity index (χ2v) is 12.1. The Morgan fingerprint density at radius 2 is 2.03 bits per heavy atom. The Kier molecular flexibility index (Phi) is 7.21. The van der Waals surface area contributed by atoms with Crippen LogP contribution in [0.2, 0.25) is 0 Å². The van der Waals surface area contributed by atoms with Gasteiger partial charge < -0.3 is 10.2 Å². The largest absolute Gasteiger partial charge is 0.356 e. The van der Waals surface area contributed by atoms with E-state index in [-0.39, 0.29) is 28.5 Å². The molecule has 1 aromatic carbocycles. The van der Waals surface area contributed by atoms with Crippen molar-refractivity contribution >= 4 is 33.2 Å². The zero-order valence-corrected chi connectivity index (χ0v) is 20.8. The van der Waals surface area contributed by atoms with Crippen LogP contribution in [0, 0.1) is 11.8 Å². The summed E-state index contributed by atoms with van der Waals surface area (Å²) in [6.07, 6.45) is 2.53. The molecule has 9 heteroatoms. The fourth-order valence-electron chi connectivity index (χ4n) is 4.41. The van der Waals surface area contributed by atoms with Crippen molar-refractivity contribution in [1.82, 2.24) is 14.5 Å². The summed E-state index contributed by atoms with van der Waals surface area (Å²) in [6.45, 7) is 6.28. The van der Waals surface area contributed by atoms with Crippen LogP contribution in [0.15, 0.2) is 40.6 Å². The molecule has 2 aromatic rings. The van der Waals surface area contributed by atoms with E-state index in [1.165, 1.54) is 15.2 Å². The smallest absolute Gasteiger partial charge is 0.253 e. The van der Waals surface area contributed by atoms with Crippen LogP contribution in [0.5, 0.6) is 0 Å². The highest BCUT2D eigenvalue weighted by Crippen LogP contribution is 2.28. The van der Waals surface area contributed by atoms with Gasteiger partial charge in [-0.3, -0.25) is 9.59 Å². The topological polar surface area (TPSA) is 86.8 Å². The second-order valence-electron chi connectivity index (χ2n) is 9.14. The SMILES string of the molecule is CC(C)C(=O)NC[C@H]1CCCN(C(=O)c2cccc(S(=O)(=O)N3CCc4sccc4C3)c2)C1. The maximum atomic E-state index is 13.3. The number of nitrogens with one attached hydrogen (secondary N) is 1. The van der Waals surface area contributed by atoms with Crippen LogP contribution in [0.25, 0.3) is 0 Å². The standard InChI is InChI=1S/C24H31N3O4S2/c1-17(2)23(28)25-14-18-5-4-10-26(15-18)24(29)19-6-3-7-21(13-19)33(30,31)27-11-8-22-20(16-27)9-12-32-22/h3,6-7,9,12-13,17-18H,4-5,8,10-11,14-16H2,1-2H3,(H,25,28)/t18-/m1/s1. The summed E-state index contributed by atoms with van der Waals surface area (Å²) in [4.78, 5) is 28.3. The Hall–Kier alpha value is -2.23. The molecule has 1 aromatic heterocycles. The fraction of sp³-hybridized carbons (Fsp3) is 0.500. The first kappa shape index (κ1) is 23.9. The lowest BCUT2D eigenvalue weighted by Gasteiger charge is -2.33. The molecule has 178 valence electrons. The van der Waals surface area contributed by atoms with Crippen LogP contribution in [0.3, 0.4) is 0 Å². The van der Waals surface area contributed by atoms with Crippen molar-refractivity contribution in [3.8, 4) is 0 Å². The summed E-state index contributed by atoms with van der Waals surface area (Å²) in [5.41, 5.74) is 1.45. The quantitative estimate of drug-likeness (QED) is 0.676. The van der Waals surface area contributed by atoms with Crippen molar-refractivity contribution in [3.63, 3.8) is 0 Å². The van der Waals surface area contributed by atoms with Crippen LogP contribution in [-0.2, 0) is 27.8 Å². The third-order valence-corrected chi connectivity index (χ3v) is 9.25. The highest BCUT2D eigenvalue weighted by Gasteiger charge is 2.30. The number of hydrogen-bond acceptors (Lipinski definition) is 5. The van der Waals surface area contributed by atoms with Gasteiger partial charge in [0.25, 0.3) is 5.91 Å². The molecule has 1 atom stereocenters. The highest BCUT2D eigenvalue weighted by atomic mass is 32.2. The van der Waals surface area contributed by atoms with Gasteiger partial charge in [-0.15, -0.1) is 11.3 Å². The molecule has 2 aliphatic rings. The van der Waals surface area contributed by atoms with E-state index in [0.29, 0.717) is 44.7 Å². The lowest BCUT2D eigenvalue weighted by molar-refractivity contribution is -0.124. The van der Waals surface area contributed by atoms with E-state index < -0.39 is 10.0 Å². The monoisotopic (exact) mass is 489 g/mol. The van der Waals surface area contributed by atoms with Crippen molar-refractivity contribution in [2.24, 2.45) is 11.8 Å². The molecule has 1 fully saturated rings. The minimum Gasteiger partial charge on any atom is -0.356 e. The lowest BCUT2D eigenvalue weighted by atomic mass is 9.97. The van der Waals surface area contributed by atoms with Crippen molar-refractivity contribution in [1.29, 1.82) is 0 Å². The molecular weight excluding hydrogens is 458 g/mol. The molecule has 33 heavy (non-hydrogen) atoms. The first-order valence-corrected chi connectivity index (χ1v) is 13.8. The van der Waals surface area contributed by atoms with Gasteiger partial charge in [-0.25, -0.2) is 8.42 Å². The predicted molar refractivity (Wildman–Crippen MR) is 129 cm³/mol. The Labute approximate surface area is 199 Å². The molecular formula is C24H31N3O4S2. The number of amides is 2. The molecule has 1 N–H and O–H groups in total. The summed E-state index contributed by atoms with van der Waals surface area (Å²) >= 11 is 1.67. The van der Waals surface area contributed by atoms with Gasteiger partial charge in [0, 0.05) is 49.1 Å². The maximum Gasteiger partial charge on any atom is 0.253 e. The van der Waals surface area contributed by atoms with Gasteiger partial charge in [0.2, 0.25) is 15.9 Å². The van der Waals surface area contributed by atoms with Crippen LogP contribution in [0.1, 0.15) is 47.5 Å².